The Morgan fingerprint density at radius 1 is 1.13 bits per heavy atom. The van der Waals surface area contributed by atoms with Crippen molar-refractivity contribution >= 4 is 16.8 Å². The van der Waals surface area contributed by atoms with E-state index in [1.807, 2.05) is 13.8 Å². The minimum absolute atomic E-state index is 0.0632. The van der Waals surface area contributed by atoms with Gasteiger partial charge in [-0.1, -0.05) is 19.9 Å². The molecule has 2 aromatic heterocycles. The summed E-state index contributed by atoms with van der Waals surface area (Å²) in [6.07, 6.45) is 3.16. The van der Waals surface area contributed by atoms with Crippen molar-refractivity contribution < 1.29 is 13.6 Å². The van der Waals surface area contributed by atoms with E-state index in [-0.39, 0.29) is 18.2 Å². The third kappa shape index (κ3) is 2.97. The molecule has 0 amide bonds. The Balaban J connectivity index is 2.03. The van der Waals surface area contributed by atoms with Crippen molar-refractivity contribution in [2.75, 3.05) is 0 Å². The Morgan fingerprint density at radius 3 is 2.61 bits per heavy atom. The number of Topliss-reactive ketones (excluding diaryl/α,β-unsaturated/α-hetero) is 1. The fraction of sp³-hybridized carbons (Fsp3) is 0.235. The van der Waals surface area contributed by atoms with Crippen LogP contribution in [0.1, 0.15) is 13.8 Å². The van der Waals surface area contributed by atoms with Gasteiger partial charge in [0.05, 0.1) is 11.7 Å². The maximum Gasteiger partial charge on any atom is 0.159 e. The molecule has 0 saturated heterocycles. The van der Waals surface area contributed by atoms with Gasteiger partial charge in [-0.25, -0.2) is 8.78 Å². The molecule has 0 atom stereocenters. The second-order valence-corrected chi connectivity index (χ2v) is 5.68. The van der Waals surface area contributed by atoms with Gasteiger partial charge in [-0.2, -0.15) is 5.10 Å². The van der Waals surface area contributed by atoms with Crippen molar-refractivity contribution in [2.24, 2.45) is 5.92 Å². The zero-order valence-corrected chi connectivity index (χ0v) is 12.8. The number of benzene rings is 1. The normalized spacial score (nSPS) is 11.3. The van der Waals surface area contributed by atoms with Crippen LogP contribution < -0.4 is 0 Å². The molecule has 0 radical (unpaired) electrons. The van der Waals surface area contributed by atoms with Crippen LogP contribution in [0.2, 0.25) is 0 Å². The molecule has 0 bridgehead atoms. The van der Waals surface area contributed by atoms with Crippen molar-refractivity contribution in [3.05, 3.63) is 48.3 Å². The van der Waals surface area contributed by atoms with E-state index in [0.29, 0.717) is 22.2 Å². The predicted octanol–water partition coefficient (Wildman–Crippen LogP) is 3.60. The predicted molar refractivity (Wildman–Crippen MR) is 82.7 cm³/mol. The molecule has 3 rings (SSSR count). The van der Waals surface area contributed by atoms with Crippen LogP contribution in [0.25, 0.3) is 22.2 Å². The lowest BCUT2D eigenvalue weighted by molar-refractivity contribution is -0.122. The average Bonchev–Trinajstić information content (AvgIpc) is 2.92. The van der Waals surface area contributed by atoms with Gasteiger partial charge < -0.3 is 0 Å². The largest absolute Gasteiger partial charge is 0.297 e. The van der Waals surface area contributed by atoms with Gasteiger partial charge >= 0.3 is 0 Å². The van der Waals surface area contributed by atoms with E-state index < -0.39 is 11.6 Å². The maximum absolute atomic E-state index is 13.4. The Bertz CT molecular complexity index is 887. The molecule has 3 aromatic rings. The molecule has 0 aliphatic heterocycles. The van der Waals surface area contributed by atoms with Gasteiger partial charge in [-0.05, 0) is 23.8 Å². The first-order valence-corrected chi connectivity index (χ1v) is 7.25. The van der Waals surface area contributed by atoms with Crippen molar-refractivity contribution in [2.45, 2.75) is 20.4 Å². The molecule has 0 fully saturated rings. The van der Waals surface area contributed by atoms with Crippen LogP contribution in [0.5, 0.6) is 0 Å². The van der Waals surface area contributed by atoms with Crippen molar-refractivity contribution in [1.29, 1.82) is 0 Å². The summed E-state index contributed by atoms with van der Waals surface area (Å²) in [6.45, 7) is 3.82. The van der Waals surface area contributed by atoms with Gasteiger partial charge in [-0.15, -0.1) is 0 Å². The number of aromatic nitrogens is 3. The monoisotopic (exact) mass is 315 g/mol. The summed E-state index contributed by atoms with van der Waals surface area (Å²) in [7, 11) is 0. The van der Waals surface area contributed by atoms with Crippen molar-refractivity contribution in [3.8, 4) is 11.1 Å². The van der Waals surface area contributed by atoms with E-state index in [1.165, 1.54) is 6.07 Å². The molecule has 1 aromatic carbocycles. The third-order valence-corrected chi connectivity index (χ3v) is 3.70. The summed E-state index contributed by atoms with van der Waals surface area (Å²) in [4.78, 5) is 16.2. The molecule has 23 heavy (non-hydrogen) atoms. The number of ketones is 1. The minimum atomic E-state index is -0.911. The summed E-state index contributed by atoms with van der Waals surface area (Å²) in [6, 6.07) is 5.46. The highest BCUT2D eigenvalue weighted by Gasteiger charge is 2.13. The van der Waals surface area contributed by atoms with E-state index in [4.69, 9.17) is 0 Å². The van der Waals surface area contributed by atoms with E-state index in [0.717, 1.165) is 12.1 Å². The Labute approximate surface area is 131 Å². The molecule has 118 valence electrons. The van der Waals surface area contributed by atoms with Crippen molar-refractivity contribution in [3.63, 3.8) is 0 Å². The number of rotatable bonds is 4. The number of fused-ring (bicyclic) bond motifs is 1. The number of carbonyl (C=O) groups is 1. The van der Waals surface area contributed by atoms with Crippen LogP contribution in [0.3, 0.4) is 0 Å². The topological polar surface area (TPSA) is 47.8 Å². The van der Waals surface area contributed by atoms with Gasteiger partial charge in [0, 0.05) is 17.7 Å². The SMILES string of the molecule is CC(C)C(=O)Cn1ncc2ncc(-c3ccc(F)c(F)c3)cc21. The number of pyridine rings is 1. The Morgan fingerprint density at radius 2 is 1.91 bits per heavy atom. The molecule has 0 N–H and O–H groups in total. The molecule has 0 aliphatic rings. The molecular weight excluding hydrogens is 300 g/mol. The maximum atomic E-state index is 13.4. The van der Waals surface area contributed by atoms with E-state index in [1.54, 1.807) is 23.1 Å². The van der Waals surface area contributed by atoms with Gasteiger partial charge in [0.2, 0.25) is 0 Å². The van der Waals surface area contributed by atoms with Crippen LogP contribution in [0.4, 0.5) is 8.78 Å². The van der Waals surface area contributed by atoms with Crippen molar-refractivity contribution in [1.82, 2.24) is 14.8 Å². The number of hydrogen-bond donors (Lipinski definition) is 0. The number of carbonyl (C=O) groups excluding carboxylic acids is 1. The first-order valence-electron chi connectivity index (χ1n) is 7.25. The zero-order chi connectivity index (χ0) is 16.6. The zero-order valence-electron chi connectivity index (χ0n) is 12.8. The van der Waals surface area contributed by atoms with Gasteiger partial charge in [0.15, 0.2) is 17.4 Å². The molecule has 4 nitrogen and oxygen atoms in total. The average molecular weight is 315 g/mol. The fourth-order valence-electron chi connectivity index (χ4n) is 2.25. The second kappa shape index (κ2) is 5.87. The van der Waals surface area contributed by atoms with E-state index in [9.17, 15) is 13.6 Å². The van der Waals surface area contributed by atoms with Gasteiger partial charge in [-0.3, -0.25) is 14.5 Å². The van der Waals surface area contributed by atoms with Gasteiger partial charge in [0.1, 0.15) is 12.1 Å². The van der Waals surface area contributed by atoms with Gasteiger partial charge in [0.25, 0.3) is 0 Å². The Kier molecular flexibility index (Phi) is 3.90. The van der Waals surface area contributed by atoms with Crippen LogP contribution in [-0.4, -0.2) is 20.5 Å². The summed E-state index contributed by atoms with van der Waals surface area (Å²) in [5.41, 5.74) is 2.48. The lowest BCUT2D eigenvalue weighted by Gasteiger charge is -2.07. The number of halogens is 2. The minimum Gasteiger partial charge on any atom is -0.297 e. The second-order valence-electron chi connectivity index (χ2n) is 5.68. The lowest BCUT2D eigenvalue weighted by Crippen LogP contribution is -2.16. The summed E-state index contributed by atoms with van der Waals surface area (Å²) >= 11 is 0. The molecular formula is C17H15F2N3O. The molecule has 6 heteroatoms. The van der Waals surface area contributed by atoms with E-state index >= 15 is 0 Å². The van der Waals surface area contributed by atoms with Crippen LogP contribution in [-0.2, 0) is 11.3 Å². The summed E-state index contributed by atoms with van der Waals surface area (Å²) in [5, 5.41) is 4.18. The highest BCUT2D eigenvalue weighted by Crippen LogP contribution is 2.24. The summed E-state index contributed by atoms with van der Waals surface area (Å²) in [5.74, 6) is -1.83. The van der Waals surface area contributed by atoms with Crippen LogP contribution in [0.15, 0.2) is 36.7 Å². The molecule has 0 saturated carbocycles. The standard InChI is InChI=1S/C17H15F2N3O/c1-10(2)17(23)9-22-16-6-12(7-20-15(16)8-21-22)11-3-4-13(18)14(19)5-11/h3-8,10H,9H2,1-2H3. The first-order chi connectivity index (χ1) is 11.0. The van der Waals surface area contributed by atoms with Crippen LogP contribution >= 0.6 is 0 Å². The molecule has 2 heterocycles. The summed E-state index contributed by atoms with van der Waals surface area (Å²) < 4.78 is 28.0. The first kappa shape index (κ1) is 15.3. The third-order valence-electron chi connectivity index (χ3n) is 3.70. The number of hydrogen-bond acceptors (Lipinski definition) is 3. The Hall–Kier alpha value is -2.63. The highest BCUT2D eigenvalue weighted by molar-refractivity contribution is 5.84. The smallest absolute Gasteiger partial charge is 0.159 e. The van der Waals surface area contributed by atoms with Crippen LogP contribution in [0, 0.1) is 17.6 Å². The highest BCUT2D eigenvalue weighted by atomic mass is 19.2. The molecule has 0 spiro atoms. The lowest BCUT2D eigenvalue weighted by atomic mass is 10.1. The number of nitrogens with zero attached hydrogens (tertiary/aromatic N) is 3. The van der Waals surface area contributed by atoms with E-state index in [2.05, 4.69) is 10.1 Å². The quantitative estimate of drug-likeness (QED) is 0.739. The fourth-order valence-corrected chi connectivity index (χ4v) is 2.25. The molecule has 0 aliphatic carbocycles. The molecule has 0 unspecified atom stereocenters.